The van der Waals surface area contributed by atoms with E-state index >= 15 is 0 Å². The zero-order valence-corrected chi connectivity index (χ0v) is 19.5. The molecule has 0 spiro atoms. The van der Waals surface area contributed by atoms with Crippen LogP contribution in [0, 0.1) is 0 Å². The molecule has 0 amide bonds. The van der Waals surface area contributed by atoms with Crippen molar-refractivity contribution in [2.45, 2.75) is 44.9 Å². The minimum absolute atomic E-state index is 0.0412. The number of aryl methyl sites for hydroxylation is 2. The highest BCUT2D eigenvalue weighted by molar-refractivity contribution is 6.07. The van der Waals surface area contributed by atoms with Crippen molar-refractivity contribution in [3.8, 4) is 22.5 Å². The van der Waals surface area contributed by atoms with Gasteiger partial charge >= 0.3 is 5.69 Å². The summed E-state index contributed by atoms with van der Waals surface area (Å²) in [5.74, 6) is 0. The van der Waals surface area contributed by atoms with Gasteiger partial charge in [0.1, 0.15) is 11.2 Å². The topological polar surface area (TPSA) is 106 Å². The van der Waals surface area contributed by atoms with E-state index in [-0.39, 0.29) is 23.9 Å². The van der Waals surface area contributed by atoms with Crippen molar-refractivity contribution in [2.75, 3.05) is 0 Å². The van der Waals surface area contributed by atoms with Gasteiger partial charge in [-0.05, 0) is 32.8 Å². The lowest BCUT2D eigenvalue weighted by Crippen LogP contribution is -2.36. The highest BCUT2D eigenvalue weighted by Gasteiger charge is 2.30. The minimum atomic E-state index is -0.305. The average Bonchev–Trinajstić information content (AvgIpc) is 3.50. The largest absolute Gasteiger partial charge is 0.450 e. The molecule has 5 aromatic rings. The Kier molecular flexibility index (Phi) is 4.66. The van der Waals surface area contributed by atoms with Gasteiger partial charge in [0.25, 0.3) is 0 Å². The standard InChI is InChI=1S/C24H25N7O3/c1-13-5-17(6-14(2)33-13)31-22-18-7-19(15-8-26-29(3)11-15)25-10-20(18)34-23(22)21(28-24(31)32)16-9-27-30(4)12-16/h7-14,17H,5-6H2,1-4H3/t13-,14+,17?. The second kappa shape index (κ2) is 7.63. The monoisotopic (exact) mass is 459 g/mol. The summed E-state index contributed by atoms with van der Waals surface area (Å²) >= 11 is 0. The number of ether oxygens (including phenoxy) is 1. The summed E-state index contributed by atoms with van der Waals surface area (Å²) in [6, 6.07) is 1.91. The molecule has 6 rings (SSSR count). The predicted molar refractivity (Wildman–Crippen MR) is 126 cm³/mol. The molecule has 0 aliphatic carbocycles. The number of fused-ring (bicyclic) bond motifs is 3. The van der Waals surface area contributed by atoms with E-state index < -0.39 is 0 Å². The second-order valence-corrected chi connectivity index (χ2v) is 9.15. The maximum atomic E-state index is 13.6. The van der Waals surface area contributed by atoms with E-state index in [9.17, 15) is 4.79 Å². The van der Waals surface area contributed by atoms with Crippen LogP contribution in [-0.2, 0) is 18.8 Å². The van der Waals surface area contributed by atoms with E-state index in [1.165, 1.54) is 0 Å². The van der Waals surface area contributed by atoms with Gasteiger partial charge in [0.2, 0.25) is 0 Å². The lowest BCUT2D eigenvalue weighted by molar-refractivity contribution is -0.0486. The molecule has 1 unspecified atom stereocenters. The smallest absolute Gasteiger partial charge is 0.349 e. The molecule has 0 radical (unpaired) electrons. The maximum absolute atomic E-state index is 13.6. The summed E-state index contributed by atoms with van der Waals surface area (Å²) in [5.41, 5.74) is 4.44. The first-order valence-electron chi connectivity index (χ1n) is 11.4. The first-order chi connectivity index (χ1) is 16.4. The molecular weight excluding hydrogens is 434 g/mol. The fourth-order valence-corrected chi connectivity index (χ4v) is 5.06. The number of hydrogen-bond donors (Lipinski definition) is 0. The van der Waals surface area contributed by atoms with Crippen molar-refractivity contribution in [3.05, 3.63) is 47.5 Å². The number of nitrogens with zero attached hydrogens (tertiary/aromatic N) is 7. The molecule has 0 saturated carbocycles. The van der Waals surface area contributed by atoms with Crippen LogP contribution in [0.1, 0.15) is 32.7 Å². The van der Waals surface area contributed by atoms with Crippen molar-refractivity contribution < 1.29 is 9.15 Å². The Morgan fingerprint density at radius 3 is 2.29 bits per heavy atom. The van der Waals surface area contributed by atoms with E-state index in [2.05, 4.69) is 20.2 Å². The molecule has 10 heteroatoms. The molecule has 0 aromatic carbocycles. The van der Waals surface area contributed by atoms with Gasteiger partial charge in [-0.3, -0.25) is 18.9 Å². The molecular formula is C24H25N7O3. The van der Waals surface area contributed by atoms with Gasteiger partial charge in [0.15, 0.2) is 11.2 Å². The average molecular weight is 460 g/mol. The van der Waals surface area contributed by atoms with Gasteiger partial charge in [-0.25, -0.2) is 4.79 Å². The van der Waals surface area contributed by atoms with Crippen molar-refractivity contribution in [3.63, 3.8) is 0 Å². The van der Waals surface area contributed by atoms with Crippen LogP contribution in [0.2, 0.25) is 0 Å². The Morgan fingerprint density at radius 2 is 1.65 bits per heavy atom. The van der Waals surface area contributed by atoms with E-state index in [0.717, 1.165) is 40.6 Å². The summed E-state index contributed by atoms with van der Waals surface area (Å²) < 4.78 is 17.5. The first-order valence-corrected chi connectivity index (χ1v) is 11.4. The van der Waals surface area contributed by atoms with Crippen LogP contribution in [0.5, 0.6) is 0 Å². The molecule has 1 saturated heterocycles. The Morgan fingerprint density at radius 1 is 0.971 bits per heavy atom. The summed E-state index contributed by atoms with van der Waals surface area (Å²) in [7, 11) is 3.70. The molecule has 1 fully saturated rings. The molecule has 10 nitrogen and oxygen atoms in total. The van der Waals surface area contributed by atoms with Crippen LogP contribution >= 0.6 is 0 Å². The first kappa shape index (κ1) is 20.8. The van der Waals surface area contributed by atoms with Crippen molar-refractivity contribution in [1.29, 1.82) is 0 Å². The Labute approximate surface area is 194 Å². The molecule has 5 aromatic heterocycles. The van der Waals surface area contributed by atoms with E-state index in [0.29, 0.717) is 16.9 Å². The maximum Gasteiger partial charge on any atom is 0.349 e. The third-order valence-electron chi connectivity index (χ3n) is 6.44. The van der Waals surface area contributed by atoms with Crippen molar-refractivity contribution >= 4 is 22.1 Å². The van der Waals surface area contributed by atoms with Crippen LogP contribution in [0.4, 0.5) is 0 Å². The van der Waals surface area contributed by atoms with Gasteiger partial charge in [-0.2, -0.15) is 15.2 Å². The quantitative estimate of drug-likeness (QED) is 0.407. The van der Waals surface area contributed by atoms with Crippen LogP contribution < -0.4 is 5.69 Å². The SMILES string of the molecule is C[C@@H]1CC(n2c(=O)nc(-c3cnn(C)c3)c3oc4cnc(-c5cnn(C)c5)cc4c32)C[C@H](C)O1. The van der Waals surface area contributed by atoms with Crippen molar-refractivity contribution in [1.82, 2.24) is 34.1 Å². The van der Waals surface area contributed by atoms with E-state index in [1.54, 1.807) is 32.5 Å². The lowest BCUT2D eigenvalue weighted by atomic mass is 9.99. The molecule has 0 bridgehead atoms. The van der Waals surface area contributed by atoms with Crippen LogP contribution in [0.3, 0.4) is 0 Å². The predicted octanol–water partition coefficient (Wildman–Crippen LogP) is 3.47. The summed E-state index contributed by atoms with van der Waals surface area (Å²) in [5, 5.41) is 9.35. The highest BCUT2D eigenvalue weighted by Crippen LogP contribution is 2.38. The van der Waals surface area contributed by atoms with Crippen LogP contribution in [-0.4, -0.2) is 46.3 Å². The Bertz CT molecular complexity index is 1580. The van der Waals surface area contributed by atoms with Gasteiger partial charge in [0.05, 0.1) is 36.5 Å². The second-order valence-electron chi connectivity index (χ2n) is 9.15. The number of pyridine rings is 1. The van der Waals surface area contributed by atoms with Crippen molar-refractivity contribution in [2.24, 2.45) is 14.1 Å². The molecule has 1 aliphatic rings. The van der Waals surface area contributed by atoms with Crippen LogP contribution in [0.25, 0.3) is 44.6 Å². The highest BCUT2D eigenvalue weighted by atomic mass is 16.5. The zero-order valence-electron chi connectivity index (χ0n) is 19.5. The van der Waals surface area contributed by atoms with Crippen LogP contribution in [0.15, 0.2) is 46.3 Å². The number of rotatable bonds is 3. The lowest BCUT2D eigenvalue weighted by Gasteiger charge is -2.33. The minimum Gasteiger partial charge on any atom is -0.450 e. The van der Waals surface area contributed by atoms with E-state index in [1.807, 2.05) is 46.4 Å². The summed E-state index contributed by atoms with van der Waals surface area (Å²) in [6.07, 6.45) is 10.4. The molecule has 174 valence electrons. The number of aromatic nitrogens is 7. The Hall–Kier alpha value is -3.79. The van der Waals surface area contributed by atoms with Gasteiger partial charge in [-0.15, -0.1) is 0 Å². The van der Waals surface area contributed by atoms with Gasteiger partial charge in [-0.1, -0.05) is 0 Å². The third-order valence-corrected chi connectivity index (χ3v) is 6.44. The molecule has 6 heterocycles. The fourth-order valence-electron chi connectivity index (χ4n) is 5.06. The molecule has 3 atom stereocenters. The molecule has 34 heavy (non-hydrogen) atoms. The van der Waals surface area contributed by atoms with Gasteiger partial charge in [0, 0.05) is 49.0 Å². The fraction of sp³-hybridized carbons (Fsp3) is 0.375. The third kappa shape index (κ3) is 3.33. The van der Waals surface area contributed by atoms with E-state index in [4.69, 9.17) is 9.15 Å². The Balaban J connectivity index is 1.67. The summed E-state index contributed by atoms with van der Waals surface area (Å²) in [6.45, 7) is 4.08. The number of furan rings is 1. The zero-order chi connectivity index (χ0) is 23.6. The number of hydrogen-bond acceptors (Lipinski definition) is 7. The molecule has 1 aliphatic heterocycles. The molecule has 0 N–H and O–H groups in total. The normalized spacial score (nSPS) is 21.0. The summed E-state index contributed by atoms with van der Waals surface area (Å²) in [4.78, 5) is 22.6. The van der Waals surface area contributed by atoms with Gasteiger partial charge < -0.3 is 9.15 Å².